The first kappa shape index (κ1) is 21.8. The molecule has 2 unspecified atom stereocenters. The Morgan fingerprint density at radius 2 is 1.27 bits per heavy atom. The molecular formula is C18H39NO3. The van der Waals surface area contributed by atoms with Crippen molar-refractivity contribution in [2.75, 3.05) is 34.0 Å². The zero-order chi connectivity index (χ0) is 16.8. The molecule has 0 heterocycles. The topological polar surface area (TPSA) is 39.7 Å². The van der Waals surface area contributed by atoms with Crippen LogP contribution in [0.4, 0.5) is 0 Å². The molecule has 0 aliphatic rings. The minimum Gasteiger partial charge on any atom is -0.383 e. The third-order valence-electron chi connectivity index (χ3n) is 4.27. The minimum absolute atomic E-state index is 0.267. The maximum atomic E-state index is 6.14. The van der Waals surface area contributed by atoms with Gasteiger partial charge in [-0.2, -0.15) is 0 Å². The molecular weight excluding hydrogens is 278 g/mol. The minimum atomic E-state index is -0.267. The molecule has 0 fully saturated rings. The number of likely N-dealkylation sites (N-methyl/N-ethyl adjacent to an activating group) is 1. The number of hydrogen-bond donors (Lipinski definition) is 1. The van der Waals surface area contributed by atoms with Crippen LogP contribution in [0, 0.1) is 0 Å². The maximum Gasteiger partial charge on any atom is 0.0887 e. The molecule has 0 aromatic heterocycles. The first-order valence-corrected chi connectivity index (χ1v) is 9.02. The molecule has 0 amide bonds. The Kier molecular flexibility index (Phi) is 13.2. The standard InChI is InChI=1S/C18H39NO3/c1-7-11-16(9-3)21-14-18(19-5,13-20-6)15-22-17(10-4)12-8-2/h16-17,19H,7-15H2,1-6H3. The summed E-state index contributed by atoms with van der Waals surface area (Å²) in [5.74, 6) is 0. The van der Waals surface area contributed by atoms with Crippen molar-refractivity contribution < 1.29 is 14.2 Å². The predicted molar refractivity (Wildman–Crippen MR) is 93.5 cm³/mol. The van der Waals surface area contributed by atoms with E-state index in [2.05, 4.69) is 33.0 Å². The van der Waals surface area contributed by atoms with Crippen LogP contribution in [0.15, 0.2) is 0 Å². The highest BCUT2D eigenvalue weighted by Gasteiger charge is 2.31. The van der Waals surface area contributed by atoms with Crippen molar-refractivity contribution in [3.05, 3.63) is 0 Å². The lowest BCUT2D eigenvalue weighted by atomic mass is 10.0. The van der Waals surface area contributed by atoms with E-state index in [4.69, 9.17) is 14.2 Å². The van der Waals surface area contributed by atoms with Crippen LogP contribution in [-0.4, -0.2) is 51.7 Å². The zero-order valence-corrected chi connectivity index (χ0v) is 15.7. The summed E-state index contributed by atoms with van der Waals surface area (Å²) in [6.07, 6.45) is 7.28. The fraction of sp³-hybridized carbons (Fsp3) is 1.00. The average molecular weight is 318 g/mol. The maximum absolute atomic E-state index is 6.14. The second kappa shape index (κ2) is 13.3. The lowest BCUT2D eigenvalue weighted by Gasteiger charge is -2.35. The molecule has 0 radical (unpaired) electrons. The fourth-order valence-corrected chi connectivity index (χ4v) is 2.63. The van der Waals surface area contributed by atoms with Crippen molar-refractivity contribution in [3.8, 4) is 0 Å². The molecule has 22 heavy (non-hydrogen) atoms. The third kappa shape index (κ3) is 8.47. The SMILES string of the molecule is CCCC(CC)OCC(COC)(COC(CC)CCC)NC. The van der Waals surface area contributed by atoms with Gasteiger partial charge in [0, 0.05) is 7.11 Å². The lowest BCUT2D eigenvalue weighted by molar-refractivity contribution is -0.0706. The third-order valence-corrected chi connectivity index (χ3v) is 4.27. The summed E-state index contributed by atoms with van der Waals surface area (Å²) >= 11 is 0. The van der Waals surface area contributed by atoms with Gasteiger partial charge in [-0.05, 0) is 32.7 Å². The van der Waals surface area contributed by atoms with Crippen LogP contribution in [0.2, 0.25) is 0 Å². The van der Waals surface area contributed by atoms with Gasteiger partial charge in [0.05, 0.1) is 37.6 Å². The van der Waals surface area contributed by atoms with Crippen molar-refractivity contribution in [1.29, 1.82) is 0 Å². The van der Waals surface area contributed by atoms with E-state index in [0.717, 1.165) is 38.5 Å². The van der Waals surface area contributed by atoms with Gasteiger partial charge >= 0.3 is 0 Å². The van der Waals surface area contributed by atoms with Gasteiger partial charge in [-0.15, -0.1) is 0 Å². The molecule has 134 valence electrons. The predicted octanol–water partition coefficient (Wildman–Crippen LogP) is 3.78. The van der Waals surface area contributed by atoms with E-state index in [1.807, 2.05) is 7.05 Å². The van der Waals surface area contributed by atoms with E-state index in [9.17, 15) is 0 Å². The molecule has 0 rings (SSSR count). The van der Waals surface area contributed by atoms with E-state index in [0.29, 0.717) is 32.0 Å². The molecule has 0 spiro atoms. The highest BCUT2D eigenvalue weighted by molar-refractivity contribution is 4.87. The van der Waals surface area contributed by atoms with Crippen molar-refractivity contribution in [2.24, 2.45) is 0 Å². The summed E-state index contributed by atoms with van der Waals surface area (Å²) in [5, 5.41) is 3.38. The van der Waals surface area contributed by atoms with Gasteiger partial charge in [0.2, 0.25) is 0 Å². The average Bonchev–Trinajstić information content (AvgIpc) is 2.54. The number of ether oxygens (including phenoxy) is 3. The van der Waals surface area contributed by atoms with Gasteiger partial charge in [-0.1, -0.05) is 40.5 Å². The number of methoxy groups -OCH3 is 1. The molecule has 0 aromatic carbocycles. The summed E-state index contributed by atoms with van der Waals surface area (Å²) in [7, 11) is 3.70. The van der Waals surface area contributed by atoms with Gasteiger partial charge in [-0.25, -0.2) is 0 Å². The monoisotopic (exact) mass is 317 g/mol. The molecule has 0 aromatic rings. The molecule has 0 saturated carbocycles. The van der Waals surface area contributed by atoms with Crippen LogP contribution in [0.3, 0.4) is 0 Å². The zero-order valence-electron chi connectivity index (χ0n) is 15.7. The van der Waals surface area contributed by atoms with Crippen LogP contribution in [0.25, 0.3) is 0 Å². The van der Waals surface area contributed by atoms with E-state index in [-0.39, 0.29) is 5.54 Å². The normalized spacial score (nSPS) is 17.2. The molecule has 1 N–H and O–H groups in total. The number of nitrogens with one attached hydrogen (secondary N) is 1. The van der Waals surface area contributed by atoms with Crippen LogP contribution < -0.4 is 5.32 Å². The fourth-order valence-electron chi connectivity index (χ4n) is 2.63. The van der Waals surface area contributed by atoms with E-state index in [1.54, 1.807) is 7.11 Å². The molecule has 4 heteroatoms. The Morgan fingerprint density at radius 1 is 0.818 bits per heavy atom. The van der Waals surface area contributed by atoms with Crippen molar-refractivity contribution in [3.63, 3.8) is 0 Å². The molecule has 4 nitrogen and oxygen atoms in total. The van der Waals surface area contributed by atoms with E-state index >= 15 is 0 Å². The van der Waals surface area contributed by atoms with Gasteiger partial charge in [0.1, 0.15) is 0 Å². The molecule has 2 atom stereocenters. The van der Waals surface area contributed by atoms with E-state index < -0.39 is 0 Å². The van der Waals surface area contributed by atoms with Crippen LogP contribution in [0.1, 0.15) is 66.2 Å². The first-order valence-electron chi connectivity index (χ1n) is 9.02. The highest BCUT2D eigenvalue weighted by atomic mass is 16.5. The summed E-state index contributed by atoms with van der Waals surface area (Å²) in [5.41, 5.74) is -0.267. The smallest absolute Gasteiger partial charge is 0.0887 e. The van der Waals surface area contributed by atoms with Gasteiger partial charge in [0.25, 0.3) is 0 Å². The largest absolute Gasteiger partial charge is 0.383 e. The van der Waals surface area contributed by atoms with Gasteiger partial charge in [-0.3, -0.25) is 0 Å². The van der Waals surface area contributed by atoms with Crippen molar-refractivity contribution in [1.82, 2.24) is 5.32 Å². The van der Waals surface area contributed by atoms with Gasteiger partial charge < -0.3 is 19.5 Å². The Labute approximate surface area is 138 Å². The second-order valence-electron chi connectivity index (χ2n) is 6.22. The number of rotatable bonds is 15. The Hall–Kier alpha value is -0.160. The van der Waals surface area contributed by atoms with Crippen LogP contribution in [0.5, 0.6) is 0 Å². The Balaban J connectivity index is 4.61. The molecule has 0 aliphatic heterocycles. The van der Waals surface area contributed by atoms with Crippen molar-refractivity contribution >= 4 is 0 Å². The Morgan fingerprint density at radius 3 is 1.55 bits per heavy atom. The summed E-state index contributed by atoms with van der Waals surface area (Å²) in [4.78, 5) is 0. The molecule has 0 bridgehead atoms. The quantitative estimate of drug-likeness (QED) is 0.499. The van der Waals surface area contributed by atoms with Crippen LogP contribution >= 0.6 is 0 Å². The van der Waals surface area contributed by atoms with Gasteiger partial charge in [0.15, 0.2) is 0 Å². The molecule has 0 aliphatic carbocycles. The Bertz CT molecular complexity index is 230. The second-order valence-corrected chi connectivity index (χ2v) is 6.22. The summed E-state index contributed by atoms with van der Waals surface area (Å²) in [6.45, 7) is 10.6. The highest BCUT2D eigenvalue weighted by Crippen LogP contribution is 2.16. The van der Waals surface area contributed by atoms with E-state index in [1.165, 1.54) is 0 Å². The first-order chi connectivity index (χ1) is 10.6. The summed E-state index contributed by atoms with van der Waals surface area (Å²) in [6, 6.07) is 0. The van der Waals surface area contributed by atoms with Crippen LogP contribution in [-0.2, 0) is 14.2 Å². The van der Waals surface area contributed by atoms with Crippen molar-refractivity contribution in [2.45, 2.75) is 84.0 Å². The summed E-state index contributed by atoms with van der Waals surface area (Å²) < 4.78 is 17.7. The molecule has 0 saturated heterocycles. The lowest BCUT2D eigenvalue weighted by Crippen LogP contribution is -2.55. The number of hydrogen-bond acceptors (Lipinski definition) is 4.